The lowest BCUT2D eigenvalue weighted by atomic mass is 10.1. The van der Waals surface area contributed by atoms with Crippen molar-refractivity contribution in [3.8, 4) is 0 Å². The number of aryl methyl sites for hydroxylation is 2. The van der Waals surface area contributed by atoms with Crippen molar-refractivity contribution >= 4 is 46.2 Å². The Labute approximate surface area is 159 Å². The Kier molecular flexibility index (Phi) is 4.51. The topological polar surface area (TPSA) is 101 Å². The molecule has 4 aromatic rings. The van der Waals surface area contributed by atoms with Gasteiger partial charge in [-0.3, -0.25) is 5.43 Å². The molecule has 0 saturated carbocycles. The average molecular weight is 379 g/mol. The number of rotatable bonds is 5. The molecule has 0 aliphatic heterocycles. The Morgan fingerprint density at radius 2 is 1.78 bits per heavy atom. The van der Waals surface area contributed by atoms with Crippen molar-refractivity contribution in [3.05, 3.63) is 51.2 Å². The maximum absolute atomic E-state index is 4.73. The van der Waals surface area contributed by atoms with Gasteiger partial charge in [0, 0.05) is 10.6 Å². The number of nitrogens with zero attached hydrogens (tertiary/aromatic N) is 5. The van der Waals surface area contributed by atoms with Crippen LogP contribution in [0, 0.1) is 20.8 Å². The Bertz CT molecular complexity index is 1130. The standard InChI is InChI=1S/C18H17N7OS/c1-10-5-4-6-13(12(10)3)20-15-16(22-18-17(21-15)24-26-25-18)23-19-9-14-11(2)7-8-27-14/h4-9H,1-3H3,(H,20,21,24)(H,22,23,25)/b19-9+. The highest BCUT2D eigenvalue weighted by molar-refractivity contribution is 7.11. The predicted molar refractivity (Wildman–Crippen MR) is 107 cm³/mol. The fraction of sp³-hybridized carbons (Fsp3) is 0.167. The molecule has 0 amide bonds. The van der Waals surface area contributed by atoms with Crippen molar-refractivity contribution in [1.82, 2.24) is 20.3 Å². The SMILES string of the molecule is Cc1ccsc1/C=N/Nc1nc2nonc2nc1Nc1cccc(C)c1C. The number of hydrazone groups is 1. The van der Waals surface area contributed by atoms with Crippen LogP contribution in [0.3, 0.4) is 0 Å². The first-order valence-corrected chi connectivity index (χ1v) is 9.16. The third-order valence-electron chi connectivity index (χ3n) is 4.23. The van der Waals surface area contributed by atoms with E-state index in [2.05, 4.69) is 49.1 Å². The second kappa shape index (κ2) is 7.12. The first kappa shape index (κ1) is 17.1. The highest BCUT2D eigenvalue weighted by atomic mass is 32.1. The Balaban J connectivity index is 1.68. The zero-order valence-corrected chi connectivity index (χ0v) is 15.8. The van der Waals surface area contributed by atoms with Gasteiger partial charge < -0.3 is 5.32 Å². The molecule has 0 aliphatic rings. The summed E-state index contributed by atoms with van der Waals surface area (Å²) in [5.74, 6) is 0.927. The van der Waals surface area contributed by atoms with Crippen molar-refractivity contribution in [2.24, 2.45) is 5.10 Å². The number of benzene rings is 1. The quantitative estimate of drug-likeness (QED) is 0.396. The van der Waals surface area contributed by atoms with Gasteiger partial charge in [0.25, 0.3) is 0 Å². The summed E-state index contributed by atoms with van der Waals surface area (Å²) in [5, 5.41) is 17.1. The van der Waals surface area contributed by atoms with E-state index >= 15 is 0 Å². The van der Waals surface area contributed by atoms with Crippen LogP contribution in [0.4, 0.5) is 17.3 Å². The van der Waals surface area contributed by atoms with E-state index < -0.39 is 0 Å². The number of hydrogen-bond donors (Lipinski definition) is 2. The summed E-state index contributed by atoms with van der Waals surface area (Å²) in [5.41, 5.74) is 7.99. The van der Waals surface area contributed by atoms with E-state index in [4.69, 9.17) is 4.63 Å². The van der Waals surface area contributed by atoms with Gasteiger partial charge in [-0.2, -0.15) is 10.1 Å². The summed E-state index contributed by atoms with van der Waals surface area (Å²) in [6.07, 6.45) is 1.76. The summed E-state index contributed by atoms with van der Waals surface area (Å²) in [7, 11) is 0. The van der Waals surface area contributed by atoms with E-state index in [-0.39, 0.29) is 0 Å². The minimum Gasteiger partial charge on any atom is -0.337 e. The summed E-state index contributed by atoms with van der Waals surface area (Å²) in [6, 6.07) is 8.08. The average Bonchev–Trinajstić information content (AvgIpc) is 3.27. The number of nitrogens with one attached hydrogen (secondary N) is 2. The van der Waals surface area contributed by atoms with E-state index in [0.717, 1.165) is 16.1 Å². The molecule has 27 heavy (non-hydrogen) atoms. The summed E-state index contributed by atoms with van der Waals surface area (Å²) in [4.78, 5) is 9.94. The normalized spacial score (nSPS) is 11.4. The lowest BCUT2D eigenvalue weighted by Gasteiger charge is -2.12. The van der Waals surface area contributed by atoms with Gasteiger partial charge in [0.15, 0.2) is 11.6 Å². The molecule has 9 heteroatoms. The molecule has 0 radical (unpaired) electrons. The van der Waals surface area contributed by atoms with Crippen molar-refractivity contribution < 1.29 is 4.63 Å². The predicted octanol–water partition coefficient (Wildman–Crippen LogP) is 4.19. The van der Waals surface area contributed by atoms with Crippen LogP contribution < -0.4 is 10.7 Å². The van der Waals surface area contributed by atoms with Gasteiger partial charge in [-0.25, -0.2) is 9.61 Å². The van der Waals surface area contributed by atoms with Crippen molar-refractivity contribution in [3.63, 3.8) is 0 Å². The summed E-state index contributed by atoms with van der Waals surface area (Å²) in [6.45, 7) is 6.15. The molecule has 8 nitrogen and oxygen atoms in total. The van der Waals surface area contributed by atoms with Crippen LogP contribution in [0.2, 0.25) is 0 Å². The van der Waals surface area contributed by atoms with Crippen LogP contribution in [-0.2, 0) is 0 Å². The molecular formula is C18H17N7OS. The van der Waals surface area contributed by atoms with E-state index in [1.54, 1.807) is 17.6 Å². The minimum atomic E-state index is 0.312. The van der Waals surface area contributed by atoms with E-state index in [9.17, 15) is 0 Å². The highest BCUT2D eigenvalue weighted by Gasteiger charge is 2.14. The molecule has 0 spiro atoms. The smallest absolute Gasteiger partial charge is 0.245 e. The number of aromatic nitrogens is 4. The molecule has 1 aromatic carbocycles. The van der Waals surface area contributed by atoms with Crippen LogP contribution in [0.25, 0.3) is 11.3 Å². The van der Waals surface area contributed by atoms with Gasteiger partial charge in [-0.1, -0.05) is 12.1 Å². The van der Waals surface area contributed by atoms with Crippen LogP contribution in [-0.4, -0.2) is 26.5 Å². The lowest BCUT2D eigenvalue weighted by Crippen LogP contribution is -2.04. The van der Waals surface area contributed by atoms with Crippen LogP contribution in [0.15, 0.2) is 39.4 Å². The highest BCUT2D eigenvalue weighted by Crippen LogP contribution is 2.27. The maximum Gasteiger partial charge on any atom is 0.245 e. The fourth-order valence-electron chi connectivity index (χ4n) is 2.49. The van der Waals surface area contributed by atoms with E-state index in [1.165, 1.54) is 11.1 Å². The molecule has 3 aromatic heterocycles. The van der Waals surface area contributed by atoms with Crippen LogP contribution in [0.1, 0.15) is 21.6 Å². The number of hydrogen-bond acceptors (Lipinski definition) is 9. The zero-order chi connectivity index (χ0) is 18.8. The molecule has 2 N–H and O–H groups in total. The molecule has 0 fully saturated rings. The molecule has 0 bridgehead atoms. The number of fused-ring (bicyclic) bond motifs is 1. The third kappa shape index (κ3) is 3.49. The molecule has 0 saturated heterocycles. The van der Waals surface area contributed by atoms with E-state index in [1.807, 2.05) is 37.4 Å². The van der Waals surface area contributed by atoms with E-state index in [0.29, 0.717) is 22.9 Å². The Morgan fingerprint density at radius 1 is 1.00 bits per heavy atom. The summed E-state index contributed by atoms with van der Waals surface area (Å²) >= 11 is 1.62. The molecule has 4 rings (SSSR count). The second-order valence-electron chi connectivity index (χ2n) is 6.04. The van der Waals surface area contributed by atoms with Gasteiger partial charge in [-0.15, -0.1) is 11.3 Å². The van der Waals surface area contributed by atoms with Gasteiger partial charge in [0.2, 0.25) is 11.3 Å². The van der Waals surface area contributed by atoms with Gasteiger partial charge in [0.1, 0.15) is 0 Å². The maximum atomic E-state index is 4.73. The molecule has 0 aliphatic carbocycles. The lowest BCUT2D eigenvalue weighted by molar-refractivity contribution is 0.314. The van der Waals surface area contributed by atoms with Gasteiger partial charge >= 0.3 is 0 Å². The fourth-order valence-corrected chi connectivity index (χ4v) is 3.27. The van der Waals surface area contributed by atoms with Crippen LogP contribution >= 0.6 is 11.3 Å². The number of thiophene rings is 1. The number of anilines is 3. The monoisotopic (exact) mass is 379 g/mol. The minimum absolute atomic E-state index is 0.312. The third-order valence-corrected chi connectivity index (χ3v) is 5.18. The molecule has 0 atom stereocenters. The molecule has 0 unspecified atom stereocenters. The van der Waals surface area contributed by atoms with Crippen molar-refractivity contribution in [1.29, 1.82) is 0 Å². The first-order valence-electron chi connectivity index (χ1n) is 8.28. The molecule has 3 heterocycles. The van der Waals surface area contributed by atoms with Gasteiger partial charge in [0.05, 0.1) is 6.21 Å². The Morgan fingerprint density at radius 3 is 2.52 bits per heavy atom. The van der Waals surface area contributed by atoms with Crippen LogP contribution in [0.5, 0.6) is 0 Å². The summed E-state index contributed by atoms with van der Waals surface area (Å²) < 4.78 is 4.73. The Hall–Kier alpha value is -3.33. The molecule has 136 valence electrons. The van der Waals surface area contributed by atoms with Gasteiger partial charge in [-0.05, 0) is 65.3 Å². The van der Waals surface area contributed by atoms with Crippen molar-refractivity contribution in [2.45, 2.75) is 20.8 Å². The second-order valence-corrected chi connectivity index (χ2v) is 6.99. The largest absolute Gasteiger partial charge is 0.337 e. The molecular weight excluding hydrogens is 362 g/mol. The zero-order valence-electron chi connectivity index (χ0n) is 15.0. The van der Waals surface area contributed by atoms with Crippen molar-refractivity contribution in [2.75, 3.05) is 10.7 Å². The first-order chi connectivity index (χ1) is 13.1.